The zero-order valence-electron chi connectivity index (χ0n) is 12.4. The first-order valence-electron chi connectivity index (χ1n) is 7.18. The lowest BCUT2D eigenvalue weighted by molar-refractivity contribution is 0.417. The molecule has 0 aromatic carbocycles. The lowest BCUT2D eigenvalue weighted by atomic mass is 10.0. The minimum Gasteiger partial charge on any atom is -0.309 e. The van der Waals surface area contributed by atoms with Crippen molar-refractivity contribution in [2.24, 2.45) is 0 Å². The Morgan fingerprint density at radius 2 is 2.10 bits per heavy atom. The molecule has 1 aromatic rings. The van der Waals surface area contributed by atoms with Crippen LogP contribution in [0.4, 0.5) is 0 Å². The molecule has 0 amide bonds. The summed E-state index contributed by atoms with van der Waals surface area (Å²) in [6, 6.07) is 2.29. The Bertz CT molecular complexity index is 545. The fraction of sp³-hybridized carbons (Fsp3) is 0.714. The van der Waals surface area contributed by atoms with Crippen LogP contribution in [0.15, 0.2) is 16.3 Å². The van der Waals surface area contributed by atoms with Gasteiger partial charge in [0.2, 0.25) is 10.0 Å². The zero-order valence-corrected chi connectivity index (χ0v) is 14.0. The number of nitrogens with one attached hydrogen (secondary N) is 2. The molecule has 1 aromatic heterocycles. The quantitative estimate of drug-likeness (QED) is 0.775. The van der Waals surface area contributed by atoms with Crippen LogP contribution < -0.4 is 10.0 Å². The molecule has 6 heteroatoms. The van der Waals surface area contributed by atoms with Crippen LogP contribution in [-0.4, -0.2) is 20.0 Å². The topological polar surface area (TPSA) is 58.2 Å². The first-order valence-corrected chi connectivity index (χ1v) is 9.54. The maximum absolute atomic E-state index is 12.5. The molecule has 2 rings (SSSR count). The smallest absolute Gasteiger partial charge is 0.242 e. The molecule has 0 aliphatic heterocycles. The van der Waals surface area contributed by atoms with Crippen LogP contribution in [0.1, 0.15) is 51.3 Å². The normalized spacial score (nSPS) is 16.6. The number of sulfonamides is 1. The van der Waals surface area contributed by atoms with E-state index in [-0.39, 0.29) is 0 Å². The third-order valence-corrected chi connectivity index (χ3v) is 6.24. The van der Waals surface area contributed by atoms with E-state index in [4.69, 9.17) is 0 Å². The van der Waals surface area contributed by atoms with Crippen molar-refractivity contribution in [3.05, 3.63) is 16.3 Å². The van der Waals surface area contributed by atoms with Crippen molar-refractivity contribution in [1.29, 1.82) is 0 Å². The van der Waals surface area contributed by atoms with Crippen molar-refractivity contribution in [3.63, 3.8) is 0 Å². The molecule has 20 heavy (non-hydrogen) atoms. The molecule has 1 aliphatic carbocycles. The summed E-state index contributed by atoms with van der Waals surface area (Å²) in [7, 11) is -3.43. The minimum atomic E-state index is -3.43. The fourth-order valence-corrected chi connectivity index (χ4v) is 5.15. The van der Waals surface area contributed by atoms with E-state index in [2.05, 4.69) is 17.0 Å². The van der Waals surface area contributed by atoms with Crippen LogP contribution in [0.3, 0.4) is 0 Å². The lowest BCUT2D eigenvalue weighted by Crippen LogP contribution is -2.43. The van der Waals surface area contributed by atoms with E-state index in [1.54, 1.807) is 6.07 Å². The van der Waals surface area contributed by atoms with E-state index in [0.717, 1.165) is 17.7 Å². The van der Waals surface area contributed by atoms with Crippen LogP contribution in [0, 0.1) is 0 Å². The third-order valence-electron chi connectivity index (χ3n) is 3.41. The number of thiophene rings is 1. The second-order valence-corrected chi connectivity index (χ2v) is 8.75. The Morgan fingerprint density at radius 1 is 1.40 bits per heavy atom. The summed E-state index contributed by atoms with van der Waals surface area (Å²) in [5.74, 6) is 0. The summed E-state index contributed by atoms with van der Waals surface area (Å²) in [6.45, 7) is 6.57. The van der Waals surface area contributed by atoms with E-state index >= 15 is 0 Å². The second kappa shape index (κ2) is 6.13. The van der Waals surface area contributed by atoms with Crippen molar-refractivity contribution in [3.8, 4) is 0 Å². The SMILES string of the molecule is CCCC(C)(C)NS(=O)(=O)c1ccsc1CNC1CC1. The molecule has 4 nitrogen and oxygen atoms in total. The summed E-state index contributed by atoms with van der Waals surface area (Å²) in [5, 5.41) is 5.23. The molecule has 1 heterocycles. The van der Waals surface area contributed by atoms with Gasteiger partial charge in [-0.15, -0.1) is 11.3 Å². The fourth-order valence-electron chi connectivity index (χ4n) is 2.32. The summed E-state index contributed by atoms with van der Waals surface area (Å²) >= 11 is 1.50. The molecular formula is C14H24N2O2S2. The monoisotopic (exact) mass is 316 g/mol. The highest BCUT2D eigenvalue weighted by Gasteiger charge is 2.28. The molecule has 0 spiro atoms. The molecular weight excluding hydrogens is 292 g/mol. The largest absolute Gasteiger partial charge is 0.309 e. The van der Waals surface area contributed by atoms with Crippen LogP contribution in [0.5, 0.6) is 0 Å². The van der Waals surface area contributed by atoms with Crippen LogP contribution in [0.2, 0.25) is 0 Å². The Hall–Kier alpha value is -0.430. The van der Waals surface area contributed by atoms with Crippen molar-refractivity contribution in [1.82, 2.24) is 10.0 Å². The Morgan fingerprint density at radius 3 is 2.70 bits per heavy atom. The molecule has 1 aliphatic rings. The first-order chi connectivity index (χ1) is 9.34. The average Bonchev–Trinajstić information content (AvgIpc) is 3.01. The minimum absolute atomic E-state index is 0.406. The molecule has 2 N–H and O–H groups in total. The maximum Gasteiger partial charge on any atom is 0.242 e. The highest BCUT2D eigenvalue weighted by molar-refractivity contribution is 7.89. The van der Waals surface area contributed by atoms with Crippen molar-refractivity contribution in [2.45, 2.75) is 69.5 Å². The third kappa shape index (κ3) is 4.28. The van der Waals surface area contributed by atoms with Gasteiger partial charge in [0.1, 0.15) is 0 Å². The Labute approximate surface area is 126 Å². The van der Waals surface area contributed by atoms with Crippen LogP contribution in [0.25, 0.3) is 0 Å². The summed E-state index contributed by atoms with van der Waals surface area (Å²) in [5.41, 5.74) is -0.406. The molecule has 0 radical (unpaired) electrons. The van der Waals surface area contributed by atoms with E-state index in [0.29, 0.717) is 17.5 Å². The summed E-state index contributed by atoms with van der Waals surface area (Å²) in [6.07, 6.45) is 4.19. The number of rotatable bonds is 8. The van der Waals surface area contributed by atoms with E-state index < -0.39 is 15.6 Å². The molecule has 0 atom stereocenters. The highest BCUT2D eigenvalue weighted by atomic mass is 32.2. The van der Waals surface area contributed by atoms with Crippen LogP contribution in [-0.2, 0) is 16.6 Å². The standard InChI is InChI=1S/C14H24N2O2S2/c1-4-8-14(2,3)16-20(17,18)13-7-9-19-12(13)10-15-11-5-6-11/h7,9,11,15-16H,4-6,8,10H2,1-3H3. The van der Waals surface area contributed by atoms with Gasteiger partial charge in [0.25, 0.3) is 0 Å². The highest BCUT2D eigenvalue weighted by Crippen LogP contribution is 2.26. The van der Waals surface area contributed by atoms with Gasteiger partial charge in [-0.05, 0) is 44.6 Å². The summed E-state index contributed by atoms with van der Waals surface area (Å²) < 4.78 is 27.9. The predicted octanol–water partition coefficient (Wildman–Crippen LogP) is 2.86. The molecule has 114 valence electrons. The lowest BCUT2D eigenvalue weighted by Gasteiger charge is -2.25. The number of hydrogen-bond donors (Lipinski definition) is 2. The van der Waals surface area contributed by atoms with Gasteiger partial charge in [0, 0.05) is 23.0 Å². The predicted molar refractivity (Wildman–Crippen MR) is 83.5 cm³/mol. The zero-order chi connectivity index (χ0) is 14.8. The van der Waals surface area contributed by atoms with Crippen molar-refractivity contribution in [2.75, 3.05) is 0 Å². The number of hydrogen-bond acceptors (Lipinski definition) is 4. The second-order valence-electron chi connectivity index (χ2n) is 6.10. The van der Waals surface area contributed by atoms with Gasteiger partial charge in [-0.3, -0.25) is 0 Å². The van der Waals surface area contributed by atoms with Gasteiger partial charge < -0.3 is 5.32 Å². The van der Waals surface area contributed by atoms with E-state index in [1.165, 1.54) is 24.2 Å². The average molecular weight is 316 g/mol. The Balaban J connectivity index is 2.10. The van der Waals surface area contributed by atoms with Gasteiger partial charge in [-0.2, -0.15) is 0 Å². The van der Waals surface area contributed by atoms with Crippen molar-refractivity contribution < 1.29 is 8.42 Å². The van der Waals surface area contributed by atoms with E-state index in [1.807, 2.05) is 19.2 Å². The van der Waals surface area contributed by atoms with E-state index in [9.17, 15) is 8.42 Å². The van der Waals surface area contributed by atoms with Crippen molar-refractivity contribution >= 4 is 21.4 Å². The molecule has 0 saturated heterocycles. The van der Waals surface area contributed by atoms with Gasteiger partial charge in [0.05, 0.1) is 4.90 Å². The molecule has 1 fully saturated rings. The molecule has 0 unspecified atom stereocenters. The summed E-state index contributed by atoms with van der Waals surface area (Å²) in [4.78, 5) is 1.33. The van der Waals surface area contributed by atoms with Gasteiger partial charge in [-0.25, -0.2) is 13.1 Å². The van der Waals surface area contributed by atoms with Gasteiger partial charge in [0.15, 0.2) is 0 Å². The van der Waals surface area contributed by atoms with Gasteiger partial charge in [-0.1, -0.05) is 13.3 Å². The first kappa shape index (κ1) is 15.9. The van der Waals surface area contributed by atoms with Gasteiger partial charge >= 0.3 is 0 Å². The maximum atomic E-state index is 12.5. The molecule has 0 bridgehead atoms. The van der Waals surface area contributed by atoms with Crippen LogP contribution >= 0.6 is 11.3 Å². The molecule has 1 saturated carbocycles. The Kier molecular flexibility index (Phi) is 4.89.